The minimum Gasteiger partial charge on any atom is -0.390 e. The first kappa shape index (κ1) is 17.4. The monoisotopic (exact) mass is 345 g/mol. The zero-order chi connectivity index (χ0) is 17.8. The fourth-order valence-corrected chi connectivity index (χ4v) is 2.69. The highest BCUT2D eigenvalue weighted by Crippen LogP contribution is 2.19. The number of nitrogens with zero attached hydrogens (tertiary/aromatic N) is 2. The van der Waals surface area contributed by atoms with Gasteiger partial charge in [0, 0.05) is 50.9 Å². The Morgan fingerprint density at radius 1 is 1.16 bits per heavy atom. The molecular weight excluding hydrogens is 324 g/mol. The Balaban J connectivity index is 1.49. The number of anilines is 1. The van der Waals surface area contributed by atoms with Crippen molar-refractivity contribution >= 4 is 11.4 Å². The molecule has 1 atom stereocenters. The molecule has 0 fully saturated rings. The van der Waals surface area contributed by atoms with Gasteiger partial charge in [0.1, 0.15) is 17.7 Å². The van der Waals surface area contributed by atoms with Gasteiger partial charge >= 0.3 is 0 Å². The van der Waals surface area contributed by atoms with Gasteiger partial charge in [0.25, 0.3) is 0 Å². The molecule has 0 saturated heterocycles. The van der Waals surface area contributed by atoms with E-state index < -0.39 is 11.6 Å². The van der Waals surface area contributed by atoms with E-state index in [0.717, 1.165) is 23.0 Å². The minimum absolute atomic E-state index is 0.0907. The van der Waals surface area contributed by atoms with Crippen molar-refractivity contribution in [2.24, 2.45) is 5.16 Å². The summed E-state index contributed by atoms with van der Waals surface area (Å²) in [6, 6.07) is 11.7. The van der Waals surface area contributed by atoms with Gasteiger partial charge < -0.3 is 15.1 Å². The highest BCUT2D eigenvalue weighted by molar-refractivity contribution is 6.01. The van der Waals surface area contributed by atoms with Gasteiger partial charge in [-0.15, -0.1) is 0 Å². The van der Waals surface area contributed by atoms with Gasteiger partial charge in [0.15, 0.2) is 0 Å². The Labute approximate surface area is 146 Å². The van der Waals surface area contributed by atoms with E-state index in [4.69, 9.17) is 4.84 Å². The van der Waals surface area contributed by atoms with E-state index in [2.05, 4.69) is 10.5 Å². The first-order valence-corrected chi connectivity index (χ1v) is 8.18. The molecule has 1 N–H and O–H groups in total. The van der Waals surface area contributed by atoms with Crippen molar-refractivity contribution in [1.82, 2.24) is 5.32 Å². The third kappa shape index (κ3) is 4.33. The first-order valence-electron chi connectivity index (χ1n) is 8.18. The van der Waals surface area contributed by atoms with Crippen LogP contribution in [-0.2, 0) is 11.4 Å². The molecule has 1 aliphatic heterocycles. The lowest BCUT2D eigenvalue weighted by Crippen LogP contribution is -2.27. The summed E-state index contributed by atoms with van der Waals surface area (Å²) in [6.45, 7) is 0.860. The van der Waals surface area contributed by atoms with Crippen LogP contribution in [0.4, 0.5) is 14.5 Å². The number of rotatable bonds is 6. The molecule has 0 radical (unpaired) electrons. The largest absolute Gasteiger partial charge is 0.390 e. The summed E-state index contributed by atoms with van der Waals surface area (Å²) >= 11 is 0. The third-order valence-corrected chi connectivity index (χ3v) is 4.15. The Morgan fingerprint density at radius 3 is 2.60 bits per heavy atom. The van der Waals surface area contributed by atoms with Crippen LogP contribution >= 0.6 is 0 Å². The van der Waals surface area contributed by atoms with Crippen LogP contribution in [0.1, 0.15) is 17.5 Å². The third-order valence-electron chi connectivity index (χ3n) is 4.15. The molecule has 0 unspecified atom stereocenters. The quantitative estimate of drug-likeness (QED) is 0.873. The van der Waals surface area contributed by atoms with Crippen molar-refractivity contribution in [1.29, 1.82) is 0 Å². The maximum absolute atomic E-state index is 13.6. The fraction of sp³-hybridized carbons (Fsp3) is 0.316. The molecule has 0 amide bonds. The molecule has 2 aromatic carbocycles. The van der Waals surface area contributed by atoms with Gasteiger partial charge in [-0.3, -0.25) is 0 Å². The molecule has 2 aromatic rings. The second-order valence-corrected chi connectivity index (χ2v) is 6.28. The van der Waals surface area contributed by atoms with E-state index >= 15 is 0 Å². The summed E-state index contributed by atoms with van der Waals surface area (Å²) in [7, 11) is 3.99. The molecule has 132 valence electrons. The Kier molecular flexibility index (Phi) is 5.28. The number of halogens is 2. The molecule has 4 nitrogen and oxygen atoms in total. The summed E-state index contributed by atoms with van der Waals surface area (Å²) in [4.78, 5) is 7.49. The van der Waals surface area contributed by atoms with Crippen LogP contribution in [-0.4, -0.2) is 32.5 Å². The summed E-state index contributed by atoms with van der Waals surface area (Å²) in [6.07, 6.45) is 0.604. The highest BCUT2D eigenvalue weighted by atomic mass is 19.1. The lowest BCUT2D eigenvalue weighted by atomic mass is 10.0. The topological polar surface area (TPSA) is 36.9 Å². The van der Waals surface area contributed by atoms with Crippen molar-refractivity contribution in [3.05, 3.63) is 65.2 Å². The molecule has 1 aliphatic rings. The predicted octanol–water partition coefficient (Wildman–Crippen LogP) is 3.31. The maximum Gasteiger partial charge on any atom is 0.145 e. The normalized spacial score (nSPS) is 16.5. The first-order chi connectivity index (χ1) is 12.0. The number of hydrogen-bond donors (Lipinski definition) is 1. The van der Waals surface area contributed by atoms with E-state index in [1.807, 2.05) is 43.3 Å². The molecule has 0 aromatic heterocycles. The second-order valence-electron chi connectivity index (χ2n) is 6.28. The minimum atomic E-state index is -0.571. The van der Waals surface area contributed by atoms with Crippen LogP contribution in [0.2, 0.25) is 0 Å². The molecule has 0 bridgehead atoms. The standard InChI is InChI=1S/C19H21F2N3O/c1-24(2)16-7-4-13(5-8-16)19-10-17(25-23-19)12-22-11-14-3-6-15(20)9-18(14)21/h3-9,17,22H,10-12H2,1-2H3/t17-/m0/s1. The zero-order valence-electron chi connectivity index (χ0n) is 14.3. The van der Waals surface area contributed by atoms with Gasteiger partial charge in [-0.25, -0.2) is 8.78 Å². The molecule has 1 heterocycles. The van der Waals surface area contributed by atoms with Gasteiger partial charge in [0.05, 0.1) is 5.71 Å². The average molecular weight is 345 g/mol. The molecule has 3 rings (SSSR count). The lowest BCUT2D eigenvalue weighted by molar-refractivity contribution is 0.0848. The van der Waals surface area contributed by atoms with E-state index in [-0.39, 0.29) is 6.10 Å². The summed E-state index contributed by atoms with van der Waals surface area (Å²) in [5.74, 6) is -1.11. The van der Waals surface area contributed by atoms with Gasteiger partial charge in [-0.2, -0.15) is 0 Å². The van der Waals surface area contributed by atoms with E-state index in [1.165, 1.54) is 12.1 Å². The van der Waals surface area contributed by atoms with Gasteiger partial charge in [0.2, 0.25) is 0 Å². The summed E-state index contributed by atoms with van der Waals surface area (Å²) < 4.78 is 26.5. The number of hydrogen-bond acceptors (Lipinski definition) is 4. The average Bonchev–Trinajstić information content (AvgIpc) is 3.06. The van der Waals surface area contributed by atoms with E-state index in [0.29, 0.717) is 25.1 Å². The Morgan fingerprint density at radius 2 is 1.92 bits per heavy atom. The number of benzene rings is 2. The van der Waals surface area contributed by atoms with Gasteiger partial charge in [-0.1, -0.05) is 23.4 Å². The Bertz CT molecular complexity index is 760. The Hall–Kier alpha value is -2.47. The SMILES string of the molecule is CN(C)c1ccc(C2=NO[C@H](CNCc3ccc(F)cc3F)C2)cc1. The fourth-order valence-electron chi connectivity index (χ4n) is 2.69. The summed E-state index contributed by atoms with van der Waals surface area (Å²) in [5, 5.41) is 7.29. The van der Waals surface area contributed by atoms with Crippen molar-refractivity contribution in [2.75, 3.05) is 25.5 Å². The van der Waals surface area contributed by atoms with Crippen LogP contribution in [0.5, 0.6) is 0 Å². The number of oxime groups is 1. The van der Waals surface area contributed by atoms with Crippen molar-refractivity contribution in [3.63, 3.8) is 0 Å². The van der Waals surface area contributed by atoms with Crippen molar-refractivity contribution in [3.8, 4) is 0 Å². The second kappa shape index (κ2) is 7.61. The van der Waals surface area contributed by atoms with Crippen LogP contribution < -0.4 is 10.2 Å². The predicted molar refractivity (Wildman–Crippen MR) is 94.9 cm³/mol. The molecule has 0 saturated carbocycles. The molecule has 0 spiro atoms. The van der Waals surface area contributed by atoms with Crippen molar-refractivity contribution < 1.29 is 13.6 Å². The molecule has 25 heavy (non-hydrogen) atoms. The zero-order valence-corrected chi connectivity index (χ0v) is 14.3. The van der Waals surface area contributed by atoms with Crippen LogP contribution in [0.25, 0.3) is 0 Å². The molecular formula is C19H21F2N3O. The lowest BCUT2D eigenvalue weighted by Gasteiger charge is -2.12. The van der Waals surface area contributed by atoms with Crippen molar-refractivity contribution in [2.45, 2.75) is 19.1 Å². The molecule has 0 aliphatic carbocycles. The highest BCUT2D eigenvalue weighted by Gasteiger charge is 2.22. The summed E-state index contributed by atoms with van der Waals surface area (Å²) in [5.41, 5.74) is 3.50. The van der Waals surface area contributed by atoms with Crippen LogP contribution in [0.15, 0.2) is 47.6 Å². The van der Waals surface area contributed by atoms with E-state index in [1.54, 1.807) is 0 Å². The van der Waals surface area contributed by atoms with Crippen LogP contribution in [0, 0.1) is 11.6 Å². The molecule has 6 heteroatoms. The van der Waals surface area contributed by atoms with E-state index in [9.17, 15) is 8.78 Å². The maximum atomic E-state index is 13.6. The van der Waals surface area contributed by atoms with Gasteiger partial charge in [-0.05, 0) is 23.8 Å². The smallest absolute Gasteiger partial charge is 0.145 e. The van der Waals surface area contributed by atoms with Crippen LogP contribution in [0.3, 0.4) is 0 Å². The number of nitrogens with one attached hydrogen (secondary N) is 1.